The summed E-state index contributed by atoms with van der Waals surface area (Å²) in [5.41, 5.74) is 0. The summed E-state index contributed by atoms with van der Waals surface area (Å²) in [4.78, 5) is 0. The number of hydrogen-bond acceptors (Lipinski definition) is 6. The zero-order chi connectivity index (χ0) is 21.4. The molecule has 0 aromatic heterocycles. The summed E-state index contributed by atoms with van der Waals surface area (Å²) < 4.78 is 24.0. The van der Waals surface area contributed by atoms with E-state index in [0.29, 0.717) is 6.61 Å². The van der Waals surface area contributed by atoms with Crippen molar-refractivity contribution in [2.45, 2.75) is 109 Å². The molecule has 0 aliphatic carbocycles. The van der Waals surface area contributed by atoms with E-state index in [1.807, 2.05) is 0 Å². The van der Waals surface area contributed by atoms with Crippen LogP contribution in [0.25, 0.3) is 0 Å². The van der Waals surface area contributed by atoms with Gasteiger partial charge in [-0.1, -0.05) is 41.5 Å². The van der Waals surface area contributed by atoms with Crippen LogP contribution < -0.4 is 0 Å². The van der Waals surface area contributed by atoms with E-state index in [1.54, 1.807) is 0 Å². The summed E-state index contributed by atoms with van der Waals surface area (Å²) in [6.07, 6.45) is -4.30. The predicted molar refractivity (Wildman–Crippen MR) is 113 cm³/mol. The van der Waals surface area contributed by atoms with Crippen molar-refractivity contribution in [2.75, 3.05) is 13.7 Å². The summed E-state index contributed by atoms with van der Waals surface area (Å²) in [6.45, 7) is 21.9. The maximum Gasteiger partial charge on any atom is 0.192 e. The van der Waals surface area contributed by atoms with Crippen LogP contribution in [0.15, 0.2) is 0 Å². The van der Waals surface area contributed by atoms with Crippen LogP contribution in [0.2, 0.25) is 36.3 Å². The van der Waals surface area contributed by atoms with E-state index in [2.05, 4.69) is 67.7 Å². The van der Waals surface area contributed by atoms with Crippen LogP contribution in [0, 0.1) is 0 Å². The lowest BCUT2D eigenvalue weighted by Gasteiger charge is -2.48. The van der Waals surface area contributed by atoms with Gasteiger partial charge in [-0.2, -0.15) is 0 Å². The molecule has 1 rings (SSSR count). The Morgan fingerprint density at radius 2 is 1.33 bits per heavy atom. The number of rotatable bonds is 6. The van der Waals surface area contributed by atoms with Gasteiger partial charge in [-0.05, 0) is 36.3 Å². The van der Waals surface area contributed by atoms with Gasteiger partial charge in [0.15, 0.2) is 22.9 Å². The molecule has 5 atom stereocenters. The van der Waals surface area contributed by atoms with Crippen molar-refractivity contribution >= 4 is 16.6 Å². The molecule has 1 fully saturated rings. The minimum atomic E-state index is -2.19. The monoisotopic (exact) mass is 422 g/mol. The average Bonchev–Trinajstić information content (AvgIpc) is 2.48. The Balaban J connectivity index is 3.07. The van der Waals surface area contributed by atoms with Crippen LogP contribution in [0.3, 0.4) is 0 Å². The Kier molecular flexibility index (Phi) is 7.95. The van der Waals surface area contributed by atoms with Gasteiger partial charge in [-0.3, -0.25) is 0 Å². The van der Waals surface area contributed by atoms with Crippen LogP contribution >= 0.6 is 0 Å². The molecule has 6 nitrogen and oxygen atoms in total. The fraction of sp³-hybridized carbons (Fsp3) is 1.00. The topological polar surface area (TPSA) is 77.4 Å². The van der Waals surface area contributed by atoms with Gasteiger partial charge in [0.1, 0.15) is 24.4 Å². The first-order chi connectivity index (χ1) is 11.9. The minimum absolute atomic E-state index is 0.0272. The Hall–Kier alpha value is 0.194. The standard InChI is InChI=1S/C19H42O6Si2/c1-18(2,3)26(8,9)23-12-13-16(25-27(10,11)19(4,5)6)14(20)15(21)17(22-7)24-13/h13-17,20-21H,12H2,1-11H3/t13-,14-,15+,16-,17+/m1/s1. The van der Waals surface area contributed by atoms with Crippen molar-refractivity contribution < 1.29 is 28.5 Å². The lowest BCUT2D eigenvalue weighted by molar-refractivity contribution is -0.291. The number of methoxy groups -OCH3 is 1. The third kappa shape index (κ3) is 5.85. The first-order valence-corrected chi connectivity index (χ1v) is 15.6. The summed E-state index contributed by atoms with van der Waals surface area (Å²) in [7, 11) is -2.72. The molecule has 0 bridgehead atoms. The molecule has 27 heavy (non-hydrogen) atoms. The normalized spacial score (nSPS) is 31.2. The fourth-order valence-electron chi connectivity index (χ4n) is 2.40. The van der Waals surface area contributed by atoms with Gasteiger partial charge < -0.3 is 28.5 Å². The zero-order valence-electron chi connectivity index (χ0n) is 19.1. The lowest BCUT2D eigenvalue weighted by Crippen LogP contribution is -2.63. The SMILES string of the molecule is CO[C@H]1O[C@H](CO[Si](C)(C)C(C)(C)C)[C@@H](O[Si](C)(C)C(C)(C)C)[C@H](O)[C@@H]1O. The highest BCUT2D eigenvalue weighted by Gasteiger charge is 2.50. The predicted octanol–water partition coefficient (Wildman–Crippen LogP) is 3.49. The third-order valence-corrected chi connectivity index (χ3v) is 15.5. The summed E-state index contributed by atoms with van der Waals surface area (Å²) in [5, 5.41) is 21.2. The van der Waals surface area contributed by atoms with Crippen LogP contribution in [-0.2, 0) is 18.3 Å². The molecule has 8 heteroatoms. The number of hydrogen-bond donors (Lipinski definition) is 2. The molecule has 0 unspecified atom stereocenters. The Labute approximate surface area is 167 Å². The van der Waals surface area contributed by atoms with E-state index in [4.69, 9.17) is 18.3 Å². The third-order valence-electron chi connectivity index (χ3n) is 6.52. The molecule has 162 valence electrons. The van der Waals surface area contributed by atoms with Crippen molar-refractivity contribution in [2.24, 2.45) is 0 Å². The molecule has 2 N–H and O–H groups in total. The molecule has 0 amide bonds. The van der Waals surface area contributed by atoms with Crippen molar-refractivity contribution in [3.63, 3.8) is 0 Å². The van der Waals surface area contributed by atoms with E-state index < -0.39 is 47.3 Å². The summed E-state index contributed by atoms with van der Waals surface area (Å²) in [5.74, 6) is 0. The Morgan fingerprint density at radius 1 is 0.852 bits per heavy atom. The molecule has 0 radical (unpaired) electrons. The maximum absolute atomic E-state index is 10.8. The van der Waals surface area contributed by atoms with Crippen molar-refractivity contribution in [1.82, 2.24) is 0 Å². The summed E-state index contributed by atoms with van der Waals surface area (Å²) >= 11 is 0. The van der Waals surface area contributed by atoms with E-state index in [-0.39, 0.29) is 10.1 Å². The average molecular weight is 423 g/mol. The highest BCUT2D eigenvalue weighted by molar-refractivity contribution is 6.74. The molecule has 0 aromatic rings. The maximum atomic E-state index is 10.8. The molecular formula is C19H42O6Si2. The lowest BCUT2D eigenvalue weighted by atomic mass is 9.99. The van der Waals surface area contributed by atoms with Gasteiger partial charge in [0.2, 0.25) is 0 Å². The largest absolute Gasteiger partial charge is 0.414 e. The number of aliphatic hydroxyl groups excluding tert-OH is 2. The molecule has 0 saturated carbocycles. The molecular weight excluding hydrogens is 380 g/mol. The van der Waals surface area contributed by atoms with Gasteiger partial charge in [0.25, 0.3) is 0 Å². The molecule has 0 spiro atoms. The molecule has 1 saturated heterocycles. The van der Waals surface area contributed by atoms with Crippen LogP contribution in [0.4, 0.5) is 0 Å². The smallest absolute Gasteiger partial charge is 0.192 e. The fourth-order valence-corrected chi connectivity index (χ4v) is 4.74. The van der Waals surface area contributed by atoms with Crippen LogP contribution in [0.5, 0.6) is 0 Å². The zero-order valence-corrected chi connectivity index (χ0v) is 21.1. The van der Waals surface area contributed by atoms with Gasteiger partial charge in [-0.15, -0.1) is 0 Å². The molecule has 1 heterocycles. The minimum Gasteiger partial charge on any atom is -0.414 e. The highest BCUT2D eigenvalue weighted by Crippen LogP contribution is 2.40. The van der Waals surface area contributed by atoms with Crippen molar-refractivity contribution in [1.29, 1.82) is 0 Å². The van der Waals surface area contributed by atoms with Crippen LogP contribution in [-0.4, -0.2) is 71.3 Å². The van der Waals surface area contributed by atoms with Crippen molar-refractivity contribution in [3.05, 3.63) is 0 Å². The van der Waals surface area contributed by atoms with Crippen LogP contribution in [0.1, 0.15) is 41.5 Å². The first kappa shape index (κ1) is 25.2. The van der Waals surface area contributed by atoms with Gasteiger partial charge in [0.05, 0.1) is 6.61 Å². The van der Waals surface area contributed by atoms with E-state index in [9.17, 15) is 10.2 Å². The van der Waals surface area contributed by atoms with E-state index in [1.165, 1.54) is 7.11 Å². The Bertz CT molecular complexity index is 484. The molecule has 1 aliphatic rings. The number of aliphatic hydroxyl groups is 2. The second kappa shape index (κ2) is 8.51. The van der Waals surface area contributed by atoms with Gasteiger partial charge in [0, 0.05) is 7.11 Å². The molecule has 1 aliphatic heterocycles. The quantitative estimate of drug-likeness (QED) is 0.638. The summed E-state index contributed by atoms with van der Waals surface area (Å²) in [6, 6.07) is 0. The highest BCUT2D eigenvalue weighted by atomic mass is 28.4. The Morgan fingerprint density at radius 3 is 1.74 bits per heavy atom. The first-order valence-electron chi connectivity index (χ1n) is 9.81. The van der Waals surface area contributed by atoms with E-state index in [0.717, 1.165) is 0 Å². The van der Waals surface area contributed by atoms with Crippen molar-refractivity contribution in [3.8, 4) is 0 Å². The second-order valence-electron chi connectivity index (χ2n) is 10.7. The van der Waals surface area contributed by atoms with Gasteiger partial charge >= 0.3 is 0 Å². The van der Waals surface area contributed by atoms with Gasteiger partial charge in [-0.25, -0.2) is 0 Å². The van der Waals surface area contributed by atoms with E-state index >= 15 is 0 Å². The second-order valence-corrected chi connectivity index (χ2v) is 20.2. The number of ether oxygens (including phenoxy) is 2. The molecule has 0 aromatic carbocycles.